The van der Waals surface area contributed by atoms with Crippen LogP contribution in [0.2, 0.25) is 0 Å². The second kappa shape index (κ2) is 10.3. The second-order valence-corrected chi connectivity index (χ2v) is 7.46. The maximum Gasteiger partial charge on any atom is 0.134 e. The van der Waals surface area contributed by atoms with E-state index in [2.05, 4.69) is 13.8 Å². The van der Waals surface area contributed by atoms with Crippen LogP contribution in [-0.4, -0.2) is 30.0 Å². The summed E-state index contributed by atoms with van der Waals surface area (Å²) >= 11 is 0. The van der Waals surface area contributed by atoms with Gasteiger partial charge in [-0.25, -0.2) is 0 Å². The van der Waals surface area contributed by atoms with Crippen LogP contribution in [0.3, 0.4) is 0 Å². The maximum atomic E-state index is 5.72. The first-order valence-electron chi connectivity index (χ1n) is 7.41. The van der Waals surface area contributed by atoms with Crippen molar-refractivity contribution in [1.82, 2.24) is 0 Å². The van der Waals surface area contributed by atoms with Crippen molar-refractivity contribution in [3.63, 3.8) is 0 Å². The van der Waals surface area contributed by atoms with E-state index in [0.29, 0.717) is 17.0 Å². The number of ether oxygens (including phenoxy) is 1. The van der Waals surface area contributed by atoms with Crippen molar-refractivity contribution in [2.45, 2.75) is 64.4 Å². The van der Waals surface area contributed by atoms with E-state index in [-0.39, 0.29) is 0 Å². The van der Waals surface area contributed by atoms with Crippen LogP contribution in [0.5, 0.6) is 0 Å². The standard InChI is InChI=1S/C15H30OS/c1-3-5-6-7-8-9-13-17(4-2)14-15-11-10-12-16-15/h15H,2-14H2,1H3/q+1. The summed E-state index contributed by atoms with van der Waals surface area (Å²) in [5.41, 5.74) is 0. The molecule has 1 saturated heterocycles. The van der Waals surface area contributed by atoms with E-state index in [1.807, 2.05) is 0 Å². The molecule has 0 aromatic carbocycles. The van der Waals surface area contributed by atoms with E-state index in [4.69, 9.17) is 4.74 Å². The van der Waals surface area contributed by atoms with Crippen LogP contribution in [0.15, 0.2) is 0 Å². The number of hydrogen-bond donors (Lipinski definition) is 0. The van der Waals surface area contributed by atoms with E-state index in [1.54, 1.807) is 0 Å². The molecule has 17 heavy (non-hydrogen) atoms. The highest BCUT2D eigenvalue weighted by Gasteiger charge is 2.25. The molecule has 1 radical (unpaired) electrons. The fraction of sp³-hybridized carbons (Fsp3) is 0.933. The van der Waals surface area contributed by atoms with Gasteiger partial charge in [0.1, 0.15) is 23.4 Å². The highest BCUT2D eigenvalue weighted by Crippen LogP contribution is 2.16. The lowest BCUT2D eigenvalue weighted by atomic mass is 10.1. The Morgan fingerprint density at radius 2 is 1.94 bits per heavy atom. The van der Waals surface area contributed by atoms with Gasteiger partial charge in [-0.2, -0.15) is 0 Å². The summed E-state index contributed by atoms with van der Waals surface area (Å²) in [6.07, 6.45) is 11.6. The third kappa shape index (κ3) is 7.35. The van der Waals surface area contributed by atoms with Gasteiger partial charge in [0, 0.05) is 6.61 Å². The number of hydrogen-bond acceptors (Lipinski definition) is 1. The molecular weight excluding hydrogens is 228 g/mol. The SMILES string of the molecule is [CH2]C[S+](CCCCCCCC)CC1CCCO1. The normalized spacial score (nSPS) is 21.9. The van der Waals surface area contributed by atoms with Crippen molar-refractivity contribution in [3.8, 4) is 0 Å². The molecule has 1 aliphatic heterocycles. The van der Waals surface area contributed by atoms with Crippen molar-refractivity contribution in [2.24, 2.45) is 0 Å². The van der Waals surface area contributed by atoms with Gasteiger partial charge in [0.2, 0.25) is 0 Å². The van der Waals surface area contributed by atoms with E-state index < -0.39 is 0 Å². The molecule has 1 fully saturated rings. The second-order valence-electron chi connectivity index (χ2n) is 5.09. The molecule has 2 unspecified atom stereocenters. The Morgan fingerprint density at radius 3 is 2.59 bits per heavy atom. The van der Waals surface area contributed by atoms with Gasteiger partial charge in [-0.3, -0.25) is 0 Å². The average Bonchev–Trinajstić information content (AvgIpc) is 2.85. The molecule has 0 spiro atoms. The average molecular weight is 258 g/mol. The zero-order valence-electron chi connectivity index (χ0n) is 11.6. The minimum absolute atomic E-state index is 0.535. The highest BCUT2D eigenvalue weighted by molar-refractivity contribution is 7.96. The van der Waals surface area contributed by atoms with Crippen LogP contribution in [0.4, 0.5) is 0 Å². The fourth-order valence-corrected chi connectivity index (χ4v) is 4.33. The summed E-state index contributed by atoms with van der Waals surface area (Å²) in [5.74, 6) is 3.81. The highest BCUT2D eigenvalue weighted by atomic mass is 32.2. The zero-order valence-corrected chi connectivity index (χ0v) is 12.4. The zero-order chi connectivity index (χ0) is 12.3. The molecule has 101 valence electrons. The Morgan fingerprint density at radius 1 is 1.18 bits per heavy atom. The molecule has 1 nitrogen and oxygen atoms in total. The Balaban J connectivity index is 1.97. The number of rotatable bonds is 10. The van der Waals surface area contributed by atoms with Gasteiger partial charge in [0.15, 0.2) is 0 Å². The summed E-state index contributed by atoms with van der Waals surface area (Å²) in [4.78, 5) is 0. The Kier molecular flexibility index (Phi) is 9.27. The van der Waals surface area contributed by atoms with Crippen LogP contribution in [0.1, 0.15) is 58.3 Å². The van der Waals surface area contributed by atoms with Crippen molar-refractivity contribution in [3.05, 3.63) is 6.92 Å². The summed E-state index contributed by atoms with van der Waals surface area (Å²) in [6.45, 7) is 7.39. The van der Waals surface area contributed by atoms with Crippen LogP contribution in [0.25, 0.3) is 0 Å². The largest absolute Gasteiger partial charge is 0.373 e. The smallest absolute Gasteiger partial charge is 0.134 e. The molecule has 0 aliphatic carbocycles. The predicted molar refractivity (Wildman–Crippen MR) is 79.7 cm³/mol. The Bertz CT molecular complexity index is 166. The van der Waals surface area contributed by atoms with Gasteiger partial charge < -0.3 is 4.74 Å². The van der Waals surface area contributed by atoms with Gasteiger partial charge in [-0.15, -0.1) is 0 Å². The maximum absolute atomic E-state index is 5.72. The molecule has 1 heterocycles. The Hall–Kier alpha value is 0.310. The fourth-order valence-electron chi connectivity index (χ4n) is 2.39. The summed E-state index contributed by atoms with van der Waals surface area (Å²) < 4.78 is 5.72. The predicted octanol–water partition coefficient (Wildman–Crippen LogP) is 3.98. The molecule has 0 aromatic heterocycles. The summed E-state index contributed by atoms with van der Waals surface area (Å²) in [6, 6.07) is 0. The molecule has 2 atom stereocenters. The summed E-state index contributed by atoms with van der Waals surface area (Å²) in [7, 11) is 0.535. The van der Waals surface area contributed by atoms with Crippen LogP contribution < -0.4 is 0 Å². The van der Waals surface area contributed by atoms with Crippen molar-refractivity contribution in [1.29, 1.82) is 0 Å². The molecular formula is C15H30OS+. The molecule has 2 heteroatoms. The first-order chi connectivity index (χ1) is 8.36. The van der Waals surface area contributed by atoms with E-state index in [9.17, 15) is 0 Å². The lowest BCUT2D eigenvalue weighted by Crippen LogP contribution is -2.24. The monoisotopic (exact) mass is 258 g/mol. The van der Waals surface area contributed by atoms with E-state index in [1.165, 1.54) is 62.9 Å². The van der Waals surface area contributed by atoms with Crippen LogP contribution in [0, 0.1) is 6.92 Å². The third-order valence-electron chi connectivity index (χ3n) is 3.52. The number of unbranched alkanes of at least 4 members (excludes halogenated alkanes) is 5. The van der Waals surface area contributed by atoms with Crippen molar-refractivity contribution in [2.75, 3.05) is 23.9 Å². The van der Waals surface area contributed by atoms with Crippen molar-refractivity contribution < 1.29 is 4.74 Å². The van der Waals surface area contributed by atoms with Crippen LogP contribution in [-0.2, 0) is 15.6 Å². The van der Waals surface area contributed by atoms with Gasteiger partial charge in [0.05, 0.1) is 0 Å². The first-order valence-corrected chi connectivity index (χ1v) is 9.15. The molecule has 0 amide bonds. The lowest BCUT2D eigenvalue weighted by molar-refractivity contribution is 0.128. The van der Waals surface area contributed by atoms with E-state index in [0.717, 1.165) is 12.4 Å². The molecule has 0 bridgehead atoms. The topological polar surface area (TPSA) is 9.23 Å². The van der Waals surface area contributed by atoms with Crippen LogP contribution >= 0.6 is 0 Å². The third-order valence-corrected chi connectivity index (χ3v) is 5.81. The molecule has 1 aliphatic rings. The summed E-state index contributed by atoms with van der Waals surface area (Å²) in [5, 5.41) is 0. The molecule has 1 rings (SSSR count). The lowest BCUT2D eigenvalue weighted by Gasteiger charge is -2.11. The molecule has 0 N–H and O–H groups in total. The van der Waals surface area contributed by atoms with Crippen molar-refractivity contribution >= 4 is 10.9 Å². The quantitative estimate of drug-likeness (QED) is 0.425. The van der Waals surface area contributed by atoms with Gasteiger partial charge >= 0.3 is 0 Å². The molecule has 0 saturated carbocycles. The Labute approximate surface area is 111 Å². The van der Waals surface area contributed by atoms with Gasteiger partial charge in [0.25, 0.3) is 0 Å². The van der Waals surface area contributed by atoms with E-state index >= 15 is 0 Å². The van der Waals surface area contributed by atoms with Gasteiger partial charge in [-0.05, 0) is 43.5 Å². The van der Waals surface area contributed by atoms with Gasteiger partial charge in [-0.1, -0.05) is 32.6 Å². The molecule has 0 aromatic rings. The first kappa shape index (κ1) is 15.4. The minimum atomic E-state index is 0.535. The minimum Gasteiger partial charge on any atom is -0.373 e.